The van der Waals surface area contributed by atoms with Crippen LogP contribution in [-0.2, 0) is 0 Å². The summed E-state index contributed by atoms with van der Waals surface area (Å²) in [5.74, 6) is 1.45. The van der Waals surface area contributed by atoms with E-state index in [2.05, 4.69) is 23.8 Å². The molecule has 0 saturated heterocycles. The van der Waals surface area contributed by atoms with E-state index < -0.39 is 0 Å². The highest BCUT2D eigenvalue weighted by Crippen LogP contribution is 2.27. The number of methoxy groups -OCH3 is 1. The minimum atomic E-state index is -0.385. The van der Waals surface area contributed by atoms with Crippen molar-refractivity contribution >= 4 is 0 Å². The van der Waals surface area contributed by atoms with Crippen molar-refractivity contribution in [3.05, 3.63) is 36.0 Å². The van der Waals surface area contributed by atoms with Gasteiger partial charge in [0.15, 0.2) is 11.6 Å². The lowest BCUT2D eigenvalue weighted by molar-refractivity contribution is 0.386. The van der Waals surface area contributed by atoms with Gasteiger partial charge in [-0.1, -0.05) is 13.8 Å². The van der Waals surface area contributed by atoms with Crippen molar-refractivity contribution < 1.29 is 9.13 Å². The van der Waals surface area contributed by atoms with Crippen LogP contribution < -0.4 is 10.5 Å². The summed E-state index contributed by atoms with van der Waals surface area (Å²) in [6, 6.07) is 4.86. The minimum Gasteiger partial charge on any atom is -0.494 e. The Hall–Kier alpha value is -1.88. The molecule has 1 heterocycles. The number of ether oxygens (including phenoxy) is 1. The first-order chi connectivity index (χ1) is 10.0. The maximum Gasteiger partial charge on any atom is 0.165 e. The summed E-state index contributed by atoms with van der Waals surface area (Å²) < 4.78 is 18.7. The van der Waals surface area contributed by atoms with E-state index in [1.165, 1.54) is 13.2 Å². The third kappa shape index (κ3) is 3.61. The topological polar surface area (TPSA) is 63.9 Å². The van der Waals surface area contributed by atoms with E-state index in [9.17, 15) is 4.39 Å². The molecule has 1 atom stereocenters. The van der Waals surface area contributed by atoms with Gasteiger partial charge in [-0.05, 0) is 30.5 Å². The largest absolute Gasteiger partial charge is 0.494 e. The number of nitrogens with two attached hydrogens (primary N) is 1. The van der Waals surface area contributed by atoms with E-state index in [0.29, 0.717) is 12.5 Å². The molecule has 0 bridgehead atoms. The average molecular weight is 291 g/mol. The molecule has 0 aliphatic rings. The Morgan fingerprint density at radius 3 is 2.71 bits per heavy atom. The summed E-state index contributed by atoms with van der Waals surface area (Å²) >= 11 is 0. The third-order valence-electron chi connectivity index (χ3n) is 3.49. The van der Waals surface area contributed by atoms with Crippen LogP contribution in [0.1, 0.15) is 32.0 Å². The fraction of sp³-hybridized carbons (Fsp3) is 0.438. The fourth-order valence-electron chi connectivity index (χ4n) is 2.41. The first-order valence-electron chi connectivity index (χ1n) is 7.14. The number of hydrogen-bond donors (Lipinski definition) is 2. The van der Waals surface area contributed by atoms with Crippen LogP contribution in [0, 0.1) is 11.7 Å². The van der Waals surface area contributed by atoms with Gasteiger partial charge in [-0.3, -0.25) is 0 Å². The Kier molecular flexibility index (Phi) is 4.96. The molecule has 1 unspecified atom stereocenters. The Bertz CT molecular complexity index is 595. The van der Waals surface area contributed by atoms with E-state index in [1.807, 2.05) is 0 Å². The summed E-state index contributed by atoms with van der Waals surface area (Å²) in [6.45, 7) is 4.86. The summed E-state index contributed by atoms with van der Waals surface area (Å²) in [7, 11) is 1.45. The first kappa shape index (κ1) is 15.5. The lowest BCUT2D eigenvalue weighted by Gasteiger charge is -2.14. The zero-order chi connectivity index (χ0) is 15.4. The zero-order valence-electron chi connectivity index (χ0n) is 12.7. The Balaban J connectivity index is 2.24. The highest BCUT2D eigenvalue weighted by atomic mass is 19.1. The van der Waals surface area contributed by atoms with Crippen molar-refractivity contribution in [2.24, 2.45) is 11.7 Å². The second kappa shape index (κ2) is 6.72. The molecule has 0 radical (unpaired) electrons. The maximum atomic E-state index is 13.8. The van der Waals surface area contributed by atoms with Gasteiger partial charge in [0.1, 0.15) is 5.82 Å². The van der Waals surface area contributed by atoms with Crippen molar-refractivity contribution in [3.8, 4) is 17.0 Å². The molecule has 4 nitrogen and oxygen atoms in total. The van der Waals surface area contributed by atoms with Gasteiger partial charge < -0.3 is 15.5 Å². The number of aromatic nitrogens is 2. The monoisotopic (exact) mass is 291 g/mol. The molecule has 1 aromatic carbocycles. The van der Waals surface area contributed by atoms with Gasteiger partial charge in [0.05, 0.1) is 19.0 Å². The van der Waals surface area contributed by atoms with Crippen molar-refractivity contribution in [1.29, 1.82) is 0 Å². The van der Waals surface area contributed by atoms with Gasteiger partial charge in [0.2, 0.25) is 0 Å². The standard InChI is InChI=1S/C16H22FN3O/c1-10(2)6-12(8-18)16-19-9-14(20-16)11-4-5-15(21-3)13(17)7-11/h4-5,7,9-10,12H,6,8,18H2,1-3H3,(H,19,20). The summed E-state index contributed by atoms with van der Waals surface area (Å²) in [6.07, 6.45) is 2.69. The number of imidazole rings is 1. The minimum absolute atomic E-state index is 0.196. The molecule has 1 aromatic heterocycles. The lowest BCUT2D eigenvalue weighted by Crippen LogP contribution is -2.15. The van der Waals surface area contributed by atoms with Crippen molar-refractivity contribution in [2.45, 2.75) is 26.2 Å². The van der Waals surface area contributed by atoms with E-state index in [0.717, 1.165) is 23.5 Å². The van der Waals surface area contributed by atoms with E-state index in [1.54, 1.807) is 18.3 Å². The summed E-state index contributed by atoms with van der Waals surface area (Å²) in [5.41, 5.74) is 7.36. The highest BCUT2D eigenvalue weighted by Gasteiger charge is 2.16. The maximum absolute atomic E-state index is 13.8. The molecular formula is C16H22FN3O. The molecule has 114 valence electrons. The van der Waals surface area contributed by atoms with Crippen molar-refractivity contribution in [2.75, 3.05) is 13.7 Å². The van der Waals surface area contributed by atoms with Gasteiger partial charge >= 0.3 is 0 Å². The molecule has 0 fully saturated rings. The first-order valence-corrected chi connectivity index (χ1v) is 7.14. The number of nitrogens with one attached hydrogen (secondary N) is 1. The van der Waals surface area contributed by atoms with Gasteiger partial charge in [0, 0.05) is 18.0 Å². The normalized spacial score (nSPS) is 12.7. The number of aromatic amines is 1. The van der Waals surface area contributed by atoms with Crippen LogP contribution in [0.5, 0.6) is 5.75 Å². The predicted molar refractivity (Wildman–Crippen MR) is 81.8 cm³/mol. The molecular weight excluding hydrogens is 269 g/mol. The molecule has 3 N–H and O–H groups in total. The molecule has 0 amide bonds. The molecule has 0 spiro atoms. The quantitative estimate of drug-likeness (QED) is 0.858. The van der Waals surface area contributed by atoms with Crippen molar-refractivity contribution in [3.63, 3.8) is 0 Å². The van der Waals surface area contributed by atoms with Crippen LogP contribution >= 0.6 is 0 Å². The number of halogens is 1. The molecule has 0 aliphatic carbocycles. The molecule has 0 saturated carbocycles. The third-order valence-corrected chi connectivity index (χ3v) is 3.49. The number of nitrogens with zero attached hydrogens (tertiary/aromatic N) is 1. The smallest absolute Gasteiger partial charge is 0.165 e. The fourth-order valence-corrected chi connectivity index (χ4v) is 2.41. The average Bonchev–Trinajstić information content (AvgIpc) is 2.94. The highest BCUT2D eigenvalue weighted by molar-refractivity contribution is 5.60. The molecule has 2 rings (SSSR count). The number of rotatable bonds is 6. The summed E-state index contributed by atoms with van der Waals surface area (Å²) in [5, 5.41) is 0. The van der Waals surface area contributed by atoms with Crippen molar-refractivity contribution in [1.82, 2.24) is 9.97 Å². The van der Waals surface area contributed by atoms with E-state index in [4.69, 9.17) is 10.5 Å². The zero-order valence-corrected chi connectivity index (χ0v) is 12.7. The van der Waals surface area contributed by atoms with Crippen LogP contribution in [0.25, 0.3) is 11.3 Å². The molecule has 5 heteroatoms. The summed E-state index contributed by atoms with van der Waals surface area (Å²) in [4.78, 5) is 7.65. The number of H-pyrrole nitrogens is 1. The SMILES string of the molecule is COc1ccc(-c2cnc(C(CN)CC(C)C)[nH]2)cc1F. The van der Waals surface area contributed by atoms with Crippen LogP contribution in [0.15, 0.2) is 24.4 Å². The second-order valence-electron chi connectivity index (χ2n) is 5.59. The molecule has 2 aromatic rings. The lowest BCUT2D eigenvalue weighted by atomic mass is 9.97. The molecule has 21 heavy (non-hydrogen) atoms. The van der Waals surface area contributed by atoms with Gasteiger partial charge in [-0.25, -0.2) is 9.37 Å². The Morgan fingerprint density at radius 1 is 1.38 bits per heavy atom. The predicted octanol–water partition coefficient (Wildman–Crippen LogP) is 3.31. The number of benzene rings is 1. The second-order valence-corrected chi connectivity index (χ2v) is 5.59. The van der Waals surface area contributed by atoms with Crippen LogP contribution in [-0.4, -0.2) is 23.6 Å². The Morgan fingerprint density at radius 2 is 2.14 bits per heavy atom. The van der Waals surface area contributed by atoms with E-state index >= 15 is 0 Å². The Labute approximate surface area is 124 Å². The van der Waals surface area contributed by atoms with Gasteiger partial charge in [-0.15, -0.1) is 0 Å². The van der Waals surface area contributed by atoms with Crippen LogP contribution in [0.4, 0.5) is 4.39 Å². The van der Waals surface area contributed by atoms with E-state index in [-0.39, 0.29) is 17.5 Å². The van der Waals surface area contributed by atoms with Gasteiger partial charge in [-0.2, -0.15) is 0 Å². The number of hydrogen-bond acceptors (Lipinski definition) is 3. The van der Waals surface area contributed by atoms with Gasteiger partial charge in [0.25, 0.3) is 0 Å². The molecule has 0 aliphatic heterocycles. The van der Waals surface area contributed by atoms with Crippen LogP contribution in [0.3, 0.4) is 0 Å². The van der Waals surface area contributed by atoms with Crippen LogP contribution in [0.2, 0.25) is 0 Å².